The Balaban J connectivity index is 1.32. The van der Waals surface area contributed by atoms with E-state index >= 15 is 4.39 Å². The van der Waals surface area contributed by atoms with Gasteiger partial charge < -0.3 is 15.6 Å². The molecule has 0 saturated carbocycles. The third kappa shape index (κ3) is 5.46. The van der Waals surface area contributed by atoms with Crippen LogP contribution < -0.4 is 11.1 Å². The van der Waals surface area contributed by atoms with Gasteiger partial charge in [0.15, 0.2) is 11.6 Å². The smallest absolute Gasteiger partial charge is 0.240 e. The zero-order valence-corrected chi connectivity index (χ0v) is 21.5. The van der Waals surface area contributed by atoms with Gasteiger partial charge in [0.25, 0.3) is 0 Å². The maximum atomic E-state index is 15.6. The number of benzene rings is 1. The molecule has 194 valence electrons. The first-order valence-corrected chi connectivity index (χ1v) is 12.5. The van der Waals surface area contributed by atoms with Crippen molar-refractivity contribution < 1.29 is 8.91 Å². The predicted octanol–water partition coefficient (Wildman–Crippen LogP) is 4.83. The standard InChI is InChI=1S/C26H32FN9O/c1-14(2)24-31-23(37-35-24)13-36-7-5-17(6-8-36)18-11-21(27)19(9-15(18)3)20-12-29-26(28)32-25(20)30-22-10-16(4)33-34-22/h9-12,14,17H,5-8,13H2,1-4H3,(H4,28,29,30,32,33,34). The fourth-order valence-electron chi connectivity index (χ4n) is 4.79. The fourth-order valence-corrected chi connectivity index (χ4v) is 4.79. The molecule has 4 aromatic rings. The van der Waals surface area contributed by atoms with E-state index in [1.807, 2.05) is 39.8 Å². The summed E-state index contributed by atoms with van der Waals surface area (Å²) in [5.41, 5.74) is 9.73. The van der Waals surface area contributed by atoms with E-state index in [4.69, 9.17) is 10.3 Å². The molecule has 10 nitrogen and oxygen atoms in total. The SMILES string of the molecule is Cc1cc(Nc2nc(N)ncc2-c2cc(C)c(C3CCN(Cc4nc(C(C)C)no4)CC3)cc2F)n[nH]1. The summed E-state index contributed by atoms with van der Waals surface area (Å²) < 4.78 is 21.0. The van der Waals surface area contributed by atoms with Gasteiger partial charge in [-0.15, -0.1) is 0 Å². The first-order valence-electron chi connectivity index (χ1n) is 12.5. The molecule has 1 aliphatic rings. The Hall–Kier alpha value is -3.86. The number of aryl methyl sites for hydroxylation is 2. The van der Waals surface area contributed by atoms with E-state index in [0.29, 0.717) is 35.2 Å². The third-order valence-electron chi connectivity index (χ3n) is 6.79. The van der Waals surface area contributed by atoms with Crippen LogP contribution in [0.1, 0.15) is 67.1 Å². The topological polar surface area (TPSA) is 135 Å². The third-order valence-corrected chi connectivity index (χ3v) is 6.79. The highest BCUT2D eigenvalue weighted by atomic mass is 19.1. The zero-order valence-electron chi connectivity index (χ0n) is 21.5. The summed E-state index contributed by atoms with van der Waals surface area (Å²) in [7, 11) is 0. The van der Waals surface area contributed by atoms with E-state index < -0.39 is 0 Å². The van der Waals surface area contributed by atoms with Crippen molar-refractivity contribution in [3.05, 3.63) is 58.7 Å². The van der Waals surface area contributed by atoms with E-state index in [0.717, 1.165) is 48.6 Å². The van der Waals surface area contributed by atoms with Crippen molar-refractivity contribution >= 4 is 17.6 Å². The lowest BCUT2D eigenvalue weighted by Crippen LogP contribution is -2.32. The van der Waals surface area contributed by atoms with Crippen LogP contribution in [0.15, 0.2) is 28.9 Å². The minimum absolute atomic E-state index is 0.0972. The Morgan fingerprint density at radius 1 is 1.16 bits per heavy atom. The van der Waals surface area contributed by atoms with Crippen molar-refractivity contribution in [2.75, 3.05) is 24.1 Å². The monoisotopic (exact) mass is 505 g/mol. The second-order valence-corrected chi connectivity index (χ2v) is 9.99. The van der Waals surface area contributed by atoms with E-state index in [1.54, 1.807) is 12.3 Å². The van der Waals surface area contributed by atoms with Gasteiger partial charge in [0.1, 0.15) is 11.6 Å². The van der Waals surface area contributed by atoms with Gasteiger partial charge in [-0.1, -0.05) is 19.0 Å². The number of H-pyrrole nitrogens is 1. The summed E-state index contributed by atoms with van der Waals surface area (Å²) in [6.07, 6.45) is 3.41. The molecule has 4 heterocycles. The maximum absolute atomic E-state index is 15.6. The van der Waals surface area contributed by atoms with Crippen LogP contribution in [-0.2, 0) is 6.54 Å². The quantitative estimate of drug-likeness (QED) is 0.322. The van der Waals surface area contributed by atoms with Crippen LogP contribution in [0, 0.1) is 19.7 Å². The number of nitrogens with zero attached hydrogens (tertiary/aromatic N) is 6. The molecule has 0 bridgehead atoms. The minimum Gasteiger partial charge on any atom is -0.368 e. The lowest BCUT2D eigenvalue weighted by atomic mass is 9.85. The van der Waals surface area contributed by atoms with Crippen LogP contribution in [0.4, 0.5) is 22.0 Å². The zero-order chi connectivity index (χ0) is 26.1. The van der Waals surface area contributed by atoms with Crippen molar-refractivity contribution in [1.82, 2.24) is 35.2 Å². The molecule has 37 heavy (non-hydrogen) atoms. The summed E-state index contributed by atoms with van der Waals surface area (Å²) in [5, 5.41) is 14.2. The number of likely N-dealkylation sites (tertiary alicyclic amines) is 1. The maximum Gasteiger partial charge on any atom is 0.240 e. The van der Waals surface area contributed by atoms with Crippen molar-refractivity contribution in [1.29, 1.82) is 0 Å². The molecule has 3 aromatic heterocycles. The second-order valence-electron chi connectivity index (χ2n) is 9.99. The molecular formula is C26H32FN9O. The van der Waals surface area contributed by atoms with Gasteiger partial charge in [0, 0.05) is 35.0 Å². The average Bonchev–Trinajstić information content (AvgIpc) is 3.50. The molecule has 1 fully saturated rings. The van der Waals surface area contributed by atoms with Crippen LogP contribution in [-0.4, -0.2) is 48.3 Å². The van der Waals surface area contributed by atoms with Crippen LogP contribution >= 0.6 is 0 Å². The molecule has 0 radical (unpaired) electrons. The molecule has 11 heteroatoms. The summed E-state index contributed by atoms with van der Waals surface area (Å²) in [4.78, 5) is 15.2. The molecule has 1 aromatic carbocycles. The van der Waals surface area contributed by atoms with Crippen LogP contribution in [0.5, 0.6) is 0 Å². The highest BCUT2D eigenvalue weighted by molar-refractivity contribution is 5.78. The van der Waals surface area contributed by atoms with Crippen molar-refractivity contribution in [3.8, 4) is 11.1 Å². The molecule has 4 N–H and O–H groups in total. The predicted molar refractivity (Wildman–Crippen MR) is 139 cm³/mol. The summed E-state index contributed by atoms with van der Waals surface area (Å²) >= 11 is 0. The number of aromatic amines is 1. The number of hydrogen-bond donors (Lipinski definition) is 3. The molecule has 0 aliphatic carbocycles. The Labute approximate surface area is 214 Å². The highest BCUT2D eigenvalue weighted by Gasteiger charge is 2.25. The van der Waals surface area contributed by atoms with Gasteiger partial charge in [0.05, 0.1) is 6.54 Å². The van der Waals surface area contributed by atoms with E-state index in [1.165, 1.54) is 0 Å². The van der Waals surface area contributed by atoms with Gasteiger partial charge >= 0.3 is 0 Å². The summed E-state index contributed by atoms with van der Waals surface area (Å²) in [5.74, 6) is 2.66. The Bertz CT molecular complexity index is 1390. The van der Waals surface area contributed by atoms with Crippen LogP contribution in [0.2, 0.25) is 0 Å². The van der Waals surface area contributed by atoms with E-state index in [-0.39, 0.29) is 23.6 Å². The molecule has 1 saturated heterocycles. The number of aromatic nitrogens is 6. The first kappa shape index (κ1) is 24.8. The highest BCUT2D eigenvalue weighted by Crippen LogP contribution is 2.36. The molecule has 1 aliphatic heterocycles. The van der Waals surface area contributed by atoms with Gasteiger partial charge in [-0.2, -0.15) is 15.1 Å². The summed E-state index contributed by atoms with van der Waals surface area (Å²) in [6, 6.07) is 5.37. The molecule has 0 spiro atoms. The summed E-state index contributed by atoms with van der Waals surface area (Å²) in [6.45, 7) is 10.4. The molecular weight excluding hydrogens is 473 g/mol. The van der Waals surface area contributed by atoms with Crippen molar-refractivity contribution in [2.24, 2.45) is 0 Å². The number of halogens is 1. The number of nitrogens with two attached hydrogens (primary N) is 1. The number of piperidine rings is 1. The number of nitrogen functional groups attached to an aromatic ring is 1. The lowest BCUT2D eigenvalue weighted by Gasteiger charge is -2.32. The molecule has 0 amide bonds. The number of nitrogens with one attached hydrogen (secondary N) is 2. The van der Waals surface area contributed by atoms with E-state index in [2.05, 4.69) is 40.5 Å². The van der Waals surface area contributed by atoms with Crippen molar-refractivity contribution in [3.63, 3.8) is 0 Å². The largest absolute Gasteiger partial charge is 0.368 e. The number of anilines is 3. The Morgan fingerprint density at radius 3 is 2.62 bits per heavy atom. The van der Waals surface area contributed by atoms with Crippen LogP contribution in [0.3, 0.4) is 0 Å². The Morgan fingerprint density at radius 2 is 1.95 bits per heavy atom. The normalized spacial score (nSPS) is 15.0. The van der Waals surface area contributed by atoms with Gasteiger partial charge in [-0.25, -0.2) is 9.37 Å². The number of hydrogen-bond acceptors (Lipinski definition) is 9. The molecule has 5 rings (SSSR count). The second kappa shape index (κ2) is 10.3. The van der Waals surface area contributed by atoms with Crippen LogP contribution in [0.25, 0.3) is 11.1 Å². The van der Waals surface area contributed by atoms with Crippen molar-refractivity contribution in [2.45, 2.75) is 58.9 Å². The average molecular weight is 506 g/mol. The van der Waals surface area contributed by atoms with Gasteiger partial charge in [0.2, 0.25) is 11.8 Å². The van der Waals surface area contributed by atoms with E-state index in [9.17, 15) is 0 Å². The fraction of sp³-hybridized carbons (Fsp3) is 0.423. The first-order chi connectivity index (χ1) is 17.8. The van der Waals surface area contributed by atoms with Gasteiger partial charge in [-0.05, 0) is 69.0 Å². The lowest BCUT2D eigenvalue weighted by molar-refractivity contribution is 0.180. The minimum atomic E-state index is -0.315. The van der Waals surface area contributed by atoms with Gasteiger partial charge in [-0.3, -0.25) is 10.00 Å². The molecule has 0 unspecified atom stereocenters. The molecule has 0 atom stereocenters. The number of rotatable bonds is 7. The Kier molecular flexibility index (Phi) is 6.88.